The Balaban J connectivity index is 2.16. The molecule has 0 saturated carbocycles. The minimum absolute atomic E-state index is 0.305. The van der Waals surface area contributed by atoms with Crippen LogP contribution in [0, 0.1) is 5.82 Å². The zero-order valence-electron chi connectivity index (χ0n) is 10.8. The van der Waals surface area contributed by atoms with Crippen LogP contribution in [-0.4, -0.2) is 9.78 Å². The van der Waals surface area contributed by atoms with Crippen LogP contribution in [0.15, 0.2) is 27.6 Å². The Labute approximate surface area is 124 Å². The highest BCUT2D eigenvalue weighted by molar-refractivity contribution is 9.10. The quantitative estimate of drug-likeness (QED) is 0.678. The van der Waals surface area contributed by atoms with E-state index < -0.39 is 0 Å². The Morgan fingerprint density at radius 1 is 1.42 bits per heavy atom. The molecule has 0 atom stereocenters. The van der Waals surface area contributed by atoms with Gasteiger partial charge in [-0.3, -0.25) is 4.68 Å². The molecular formula is C13H15BrFN3S. The van der Waals surface area contributed by atoms with E-state index in [0.29, 0.717) is 11.4 Å². The lowest BCUT2D eigenvalue weighted by atomic mass is 10.3. The molecule has 102 valence electrons. The first-order valence-corrected chi connectivity index (χ1v) is 7.68. The monoisotopic (exact) mass is 343 g/mol. The summed E-state index contributed by atoms with van der Waals surface area (Å²) >= 11 is 5.11. The van der Waals surface area contributed by atoms with Gasteiger partial charge in [-0.05, 0) is 40.5 Å². The minimum atomic E-state index is -0.305. The molecular weight excluding hydrogens is 329 g/mol. The molecule has 0 unspecified atom stereocenters. The highest BCUT2D eigenvalue weighted by Crippen LogP contribution is 2.30. The number of thioether (sulfide) groups is 1. The predicted molar refractivity (Wildman–Crippen MR) is 80.7 cm³/mol. The van der Waals surface area contributed by atoms with Gasteiger partial charge in [0.05, 0.1) is 15.9 Å². The first kappa shape index (κ1) is 14.4. The first-order chi connectivity index (χ1) is 9.01. The number of benzene rings is 1. The zero-order chi connectivity index (χ0) is 14.0. The van der Waals surface area contributed by atoms with Gasteiger partial charge in [-0.15, -0.1) is 11.8 Å². The van der Waals surface area contributed by atoms with Crippen LogP contribution < -0.4 is 5.73 Å². The van der Waals surface area contributed by atoms with Gasteiger partial charge in [-0.2, -0.15) is 5.10 Å². The van der Waals surface area contributed by atoms with Gasteiger partial charge < -0.3 is 5.73 Å². The largest absolute Gasteiger partial charge is 0.399 e. The van der Waals surface area contributed by atoms with Crippen LogP contribution in [0.3, 0.4) is 0 Å². The number of hydrogen-bond acceptors (Lipinski definition) is 3. The van der Waals surface area contributed by atoms with E-state index in [2.05, 4.69) is 28.0 Å². The van der Waals surface area contributed by atoms with E-state index in [1.807, 2.05) is 11.7 Å². The molecule has 2 N–H and O–H groups in total. The molecule has 0 aliphatic carbocycles. The smallest absolute Gasteiger partial charge is 0.126 e. The van der Waals surface area contributed by atoms with Crippen LogP contribution in [0.2, 0.25) is 0 Å². The average Bonchev–Trinajstić information content (AvgIpc) is 2.61. The summed E-state index contributed by atoms with van der Waals surface area (Å²) in [5, 5.41) is 4.43. The van der Waals surface area contributed by atoms with Crippen LogP contribution in [0.4, 0.5) is 10.1 Å². The number of halogens is 2. The van der Waals surface area contributed by atoms with Crippen molar-refractivity contribution in [3.05, 3.63) is 39.9 Å². The Morgan fingerprint density at radius 3 is 2.74 bits per heavy atom. The van der Waals surface area contributed by atoms with E-state index in [1.54, 1.807) is 17.8 Å². The summed E-state index contributed by atoms with van der Waals surface area (Å²) in [5.74, 6) is 0.410. The van der Waals surface area contributed by atoms with E-state index in [9.17, 15) is 4.39 Å². The van der Waals surface area contributed by atoms with Crippen molar-refractivity contribution in [3.63, 3.8) is 0 Å². The van der Waals surface area contributed by atoms with E-state index in [4.69, 9.17) is 5.73 Å². The second-order valence-electron chi connectivity index (χ2n) is 4.19. The van der Waals surface area contributed by atoms with Crippen LogP contribution in [0.1, 0.15) is 18.3 Å². The van der Waals surface area contributed by atoms with E-state index >= 15 is 0 Å². The molecule has 0 fully saturated rings. The SMILES string of the molecule is CCc1nn(C)c(CSc2cc(N)cc(F)c2)c1Br. The number of anilines is 1. The van der Waals surface area contributed by atoms with Gasteiger partial charge in [0.25, 0.3) is 0 Å². The van der Waals surface area contributed by atoms with E-state index in [1.165, 1.54) is 12.1 Å². The molecule has 1 heterocycles. The first-order valence-electron chi connectivity index (χ1n) is 5.90. The van der Waals surface area contributed by atoms with Crippen LogP contribution in [0.5, 0.6) is 0 Å². The lowest BCUT2D eigenvalue weighted by Gasteiger charge is -2.05. The third kappa shape index (κ3) is 3.30. The molecule has 2 rings (SSSR count). The predicted octanol–water partition coefficient (Wildman–Crippen LogP) is 3.76. The molecule has 0 spiro atoms. The van der Waals surface area contributed by atoms with Crippen molar-refractivity contribution < 1.29 is 4.39 Å². The Hall–Kier alpha value is -1.01. The van der Waals surface area contributed by atoms with E-state index in [0.717, 1.165) is 27.2 Å². The molecule has 2 aromatic rings. The van der Waals surface area contributed by atoms with Gasteiger partial charge in [0.15, 0.2) is 0 Å². The second-order valence-corrected chi connectivity index (χ2v) is 6.04. The van der Waals surface area contributed by atoms with Crippen molar-refractivity contribution in [2.24, 2.45) is 7.05 Å². The molecule has 6 heteroatoms. The Bertz CT molecular complexity index is 578. The van der Waals surface area contributed by atoms with Gasteiger partial charge in [0, 0.05) is 23.4 Å². The summed E-state index contributed by atoms with van der Waals surface area (Å²) < 4.78 is 16.1. The number of nitrogen functional groups attached to an aromatic ring is 1. The minimum Gasteiger partial charge on any atom is -0.399 e. The molecule has 1 aromatic carbocycles. The fourth-order valence-corrected chi connectivity index (χ4v) is 3.79. The van der Waals surface area contributed by atoms with Gasteiger partial charge in [-0.25, -0.2) is 4.39 Å². The summed E-state index contributed by atoms with van der Waals surface area (Å²) in [6.07, 6.45) is 0.881. The average molecular weight is 344 g/mol. The number of aryl methyl sites for hydroxylation is 2. The maximum Gasteiger partial charge on any atom is 0.126 e. The lowest BCUT2D eigenvalue weighted by Crippen LogP contribution is -1.97. The molecule has 0 saturated heterocycles. The van der Waals surface area contributed by atoms with Crippen molar-refractivity contribution >= 4 is 33.4 Å². The molecule has 0 aliphatic heterocycles. The summed E-state index contributed by atoms with van der Waals surface area (Å²) in [6.45, 7) is 2.07. The van der Waals surface area contributed by atoms with Crippen molar-refractivity contribution in [2.45, 2.75) is 24.0 Å². The third-order valence-corrected chi connectivity index (χ3v) is 4.67. The highest BCUT2D eigenvalue weighted by Gasteiger charge is 2.12. The van der Waals surface area contributed by atoms with Gasteiger partial charge in [0.2, 0.25) is 0 Å². The summed E-state index contributed by atoms with van der Waals surface area (Å²) in [6, 6.07) is 4.59. The van der Waals surface area contributed by atoms with Crippen LogP contribution in [0.25, 0.3) is 0 Å². The maximum absolute atomic E-state index is 13.3. The molecule has 0 bridgehead atoms. The van der Waals surface area contributed by atoms with Crippen molar-refractivity contribution in [2.75, 3.05) is 5.73 Å². The Kier molecular flexibility index (Phi) is 4.52. The number of rotatable bonds is 4. The van der Waals surface area contributed by atoms with Crippen molar-refractivity contribution in [1.82, 2.24) is 9.78 Å². The number of nitrogens with zero attached hydrogens (tertiary/aromatic N) is 2. The molecule has 1 aromatic heterocycles. The number of nitrogens with two attached hydrogens (primary N) is 1. The second kappa shape index (κ2) is 5.96. The molecule has 0 aliphatic rings. The van der Waals surface area contributed by atoms with Gasteiger partial charge in [-0.1, -0.05) is 6.92 Å². The lowest BCUT2D eigenvalue weighted by molar-refractivity contribution is 0.625. The highest BCUT2D eigenvalue weighted by atomic mass is 79.9. The molecule has 0 radical (unpaired) electrons. The standard InChI is InChI=1S/C13H15BrFN3S/c1-3-11-13(14)12(18(2)17-11)7-19-10-5-8(15)4-9(16)6-10/h4-6H,3,7,16H2,1-2H3. The van der Waals surface area contributed by atoms with Crippen LogP contribution >= 0.6 is 27.7 Å². The van der Waals surface area contributed by atoms with Crippen LogP contribution in [-0.2, 0) is 19.2 Å². The fraction of sp³-hybridized carbons (Fsp3) is 0.308. The van der Waals surface area contributed by atoms with Gasteiger partial charge in [0.1, 0.15) is 5.82 Å². The maximum atomic E-state index is 13.3. The van der Waals surface area contributed by atoms with Crippen molar-refractivity contribution in [1.29, 1.82) is 0 Å². The topological polar surface area (TPSA) is 43.8 Å². The molecule has 3 nitrogen and oxygen atoms in total. The number of aromatic nitrogens is 2. The molecule has 0 amide bonds. The summed E-state index contributed by atoms with van der Waals surface area (Å²) in [7, 11) is 1.92. The summed E-state index contributed by atoms with van der Waals surface area (Å²) in [4.78, 5) is 0.823. The zero-order valence-corrected chi connectivity index (χ0v) is 13.2. The number of hydrogen-bond donors (Lipinski definition) is 1. The fourth-order valence-electron chi connectivity index (χ4n) is 1.80. The van der Waals surface area contributed by atoms with Crippen molar-refractivity contribution in [3.8, 4) is 0 Å². The summed E-state index contributed by atoms with van der Waals surface area (Å²) in [5.41, 5.74) is 8.21. The third-order valence-electron chi connectivity index (χ3n) is 2.77. The normalized spacial score (nSPS) is 10.9. The molecule has 19 heavy (non-hydrogen) atoms. The van der Waals surface area contributed by atoms with E-state index in [-0.39, 0.29) is 5.82 Å². The van der Waals surface area contributed by atoms with Gasteiger partial charge >= 0.3 is 0 Å². The Morgan fingerprint density at radius 2 is 2.16 bits per heavy atom.